The van der Waals surface area contributed by atoms with Crippen LogP contribution in [0.2, 0.25) is 0 Å². The van der Waals surface area contributed by atoms with Crippen LogP contribution in [0.3, 0.4) is 0 Å². The molecule has 21 heavy (non-hydrogen) atoms. The molecule has 1 aromatic carbocycles. The summed E-state index contributed by atoms with van der Waals surface area (Å²) in [6.45, 7) is 2.69. The average Bonchev–Trinajstić information content (AvgIpc) is 2.43. The summed E-state index contributed by atoms with van der Waals surface area (Å²) in [6.07, 6.45) is 2.12. The fourth-order valence-corrected chi connectivity index (χ4v) is 4.01. The van der Waals surface area contributed by atoms with Gasteiger partial charge in [-0.1, -0.05) is 18.2 Å². The summed E-state index contributed by atoms with van der Waals surface area (Å²) < 4.78 is 26.4. The van der Waals surface area contributed by atoms with Crippen molar-refractivity contribution in [3.05, 3.63) is 29.8 Å². The van der Waals surface area contributed by atoms with E-state index in [1.54, 1.807) is 19.2 Å². The Kier molecular flexibility index (Phi) is 5.24. The molecule has 1 fully saturated rings. The first-order valence-electron chi connectivity index (χ1n) is 7.34. The molecular formula is C15H25N3O2S. The van der Waals surface area contributed by atoms with Gasteiger partial charge in [-0.2, -0.15) is 0 Å². The fraction of sp³-hybridized carbons (Fsp3) is 0.600. The fourth-order valence-electron chi connectivity index (χ4n) is 2.69. The molecular weight excluding hydrogens is 286 g/mol. The van der Waals surface area contributed by atoms with Gasteiger partial charge in [0.2, 0.25) is 10.0 Å². The summed E-state index contributed by atoms with van der Waals surface area (Å²) in [7, 11) is 0.470. The zero-order valence-electron chi connectivity index (χ0n) is 12.8. The third-order valence-electron chi connectivity index (χ3n) is 4.22. The van der Waals surface area contributed by atoms with Crippen LogP contribution in [-0.4, -0.2) is 51.4 Å². The Labute approximate surface area is 127 Å². The van der Waals surface area contributed by atoms with E-state index in [-0.39, 0.29) is 5.75 Å². The highest BCUT2D eigenvalue weighted by molar-refractivity contribution is 7.88. The number of likely N-dealkylation sites (tertiary alicyclic amines) is 1. The van der Waals surface area contributed by atoms with Gasteiger partial charge in [0.1, 0.15) is 0 Å². The lowest BCUT2D eigenvalue weighted by Gasteiger charge is -2.31. The molecule has 0 saturated carbocycles. The molecule has 0 aromatic heterocycles. The molecule has 1 aliphatic rings. The number of nitrogens with two attached hydrogens (primary N) is 1. The zero-order valence-corrected chi connectivity index (χ0v) is 13.6. The maximum absolute atomic E-state index is 12.5. The number of sulfonamides is 1. The largest absolute Gasteiger partial charge is 0.398 e. The number of nitrogens with zero attached hydrogens (tertiary/aromatic N) is 2. The molecule has 6 heteroatoms. The van der Waals surface area contributed by atoms with E-state index in [2.05, 4.69) is 11.9 Å². The maximum Gasteiger partial charge on any atom is 0.218 e. The molecule has 0 aliphatic carbocycles. The first kappa shape index (κ1) is 16.3. The summed E-state index contributed by atoms with van der Waals surface area (Å²) in [6, 6.07) is 7.14. The van der Waals surface area contributed by atoms with Crippen molar-refractivity contribution in [1.29, 1.82) is 0 Å². The molecule has 0 amide bonds. The molecule has 0 bridgehead atoms. The van der Waals surface area contributed by atoms with Crippen molar-refractivity contribution in [2.24, 2.45) is 5.92 Å². The summed E-state index contributed by atoms with van der Waals surface area (Å²) in [5.74, 6) is 0.428. The van der Waals surface area contributed by atoms with E-state index in [9.17, 15) is 8.42 Å². The van der Waals surface area contributed by atoms with E-state index in [1.807, 2.05) is 12.1 Å². The van der Waals surface area contributed by atoms with Gasteiger partial charge in [0.05, 0.1) is 5.75 Å². The quantitative estimate of drug-likeness (QED) is 0.834. The molecule has 0 atom stereocenters. The van der Waals surface area contributed by atoms with Crippen molar-refractivity contribution in [1.82, 2.24) is 9.21 Å². The molecule has 1 aliphatic heterocycles. The summed E-state index contributed by atoms with van der Waals surface area (Å²) in [4.78, 5) is 2.29. The van der Waals surface area contributed by atoms with Crippen LogP contribution < -0.4 is 5.73 Å². The maximum atomic E-state index is 12.5. The van der Waals surface area contributed by atoms with Crippen LogP contribution in [0.1, 0.15) is 18.4 Å². The SMILES string of the molecule is CN1CCC(CN(C)S(=O)(=O)Cc2ccccc2N)CC1. The van der Waals surface area contributed by atoms with Gasteiger partial charge in [0.15, 0.2) is 0 Å². The first-order valence-corrected chi connectivity index (χ1v) is 8.95. The number of hydrogen-bond acceptors (Lipinski definition) is 4. The monoisotopic (exact) mass is 311 g/mol. The van der Waals surface area contributed by atoms with Gasteiger partial charge in [-0.3, -0.25) is 0 Å². The lowest BCUT2D eigenvalue weighted by atomic mass is 9.97. The van der Waals surface area contributed by atoms with Crippen molar-refractivity contribution in [3.63, 3.8) is 0 Å². The number of nitrogen functional groups attached to an aromatic ring is 1. The van der Waals surface area contributed by atoms with E-state index in [4.69, 9.17) is 5.73 Å². The van der Waals surface area contributed by atoms with Crippen molar-refractivity contribution < 1.29 is 8.42 Å². The molecule has 0 spiro atoms. The molecule has 1 heterocycles. The van der Waals surface area contributed by atoms with E-state index in [1.165, 1.54) is 4.31 Å². The molecule has 5 nitrogen and oxygen atoms in total. The standard InChI is InChI=1S/C15H25N3O2S/c1-17-9-7-13(8-10-17)11-18(2)21(19,20)12-14-5-3-4-6-15(14)16/h3-6,13H,7-12,16H2,1-2H3. The Balaban J connectivity index is 1.97. The number of piperidine rings is 1. The number of para-hydroxylation sites is 1. The second kappa shape index (κ2) is 6.77. The smallest absolute Gasteiger partial charge is 0.218 e. The van der Waals surface area contributed by atoms with Gasteiger partial charge in [-0.05, 0) is 50.5 Å². The number of anilines is 1. The van der Waals surface area contributed by atoms with Crippen LogP contribution in [0, 0.1) is 5.92 Å². The number of benzene rings is 1. The van der Waals surface area contributed by atoms with Crippen LogP contribution in [-0.2, 0) is 15.8 Å². The molecule has 2 rings (SSSR count). The van der Waals surface area contributed by atoms with Gasteiger partial charge in [-0.25, -0.2) is 12.7 Å². The summed E-state index contributed by atoms with van der Waals surface area (Å²) >= 11 is 0. The van der Waals surface area contributed by atoms with Crippen molar-refractivity contribution in [2.45, 2.75) is 18.6 Å². The van der Waals surface area contributed by atoms with E-state index >= 15 is 0 Å². The Bertz CT molecular complexity index is 566. The Morgan fingerprint density at radius 1 is 1.29 bits per heavy atom. The predicted octanol–water partition coefficient (Wildman–Crippen LogP) is 1.37. The molecule has 2 N–H and O–H groups in total. The number of rotatable bonds is 5. The minimum atomic E-state index is -3.31. The van der Waals surface area contributed by atoms with Crippen molar-refractivity contribution >= 4 is 15.7 Å². The van der Waals surface area contributed by atoms with Crippen molar-refractivity contribution in [3.8, 4) is 0 Å². The van der Waals surface area contributed by atoms with Gasteiger partial charge >= 0.3 is 0 Å². The van der Waals surface area contributed by atoms with Crippen molar-refractivity contribution in [2.75, 3.05) is 39.5 Å². The number of hydrogen-bond donors (Lipinski definition) is 1. The summed E-state index contributed by atoms with van der Waals surface area (Å²) in [5.41, 5.74) is 7.05. The minimum Gasteiger partial charge on any atom is -0.398 e. The Morgan fingerprint density at radius 3 is 2.52 bits per heavy atom. The van der Waals surface area contributed by atoms with Gasteiger partial charge in [0, 0.05) is 19.3 Å². The van der Waals surface area contributed by atoms with Crippen LogP contribution in [0.5, 0.6) is 0 Å². The Hall–Kier alpha value is -1.11. The van der Waals surface area contributed by atoms with Crippen LogP contribution in [0.15, 0.2) is 24.3 Å². The van der Waals surface area contributed by atoms with Crippen LogP contribution in [0.4, 0.5) is 5.69 Å². The van der Waals surface area contributed by atoms with E-state index in [0.29, 0.717) is 23.7 Å². The highest BCUT2D eigenvalue weighted by Gasteiger charge is 2.24. The molecule has 1 saturated heterocycles. The molecule has 0 unspecified atom stereocenters. The van der Waals surface area contributed by atoms with Gasteiger partial charge in [-0.15, -0.1) is 0 Å². The predicted molar refractivity (Wildman–Crippen MR) is 86.3 cm³/mol. The highest BCUT2D eigenvalue weighted by atomic mass is 32.2. The summed E-state index contributed by atoms with van der Waals surface area (Å²) in [5, 5.41) is 0. The topological polar surface area (TPSA) is 66.6 Å². The average molecular weight is 311 g/mol. The van der Waals surface area contributed by atoms with Gasteiger partial charge < -0.3 is 10.6 Å². The second-order valence-electron chi connectivity index (χ2n) is 5.98. The molecule has 0 radical (unpaired) electrons. The van der Waals surface area contributed by atoms with Gasteiger partial charge in [0.25, 0.3) is 0 Å². The van der Waals surface area contributed by atoms with E-state index in [0.717, 1.165) is 25.9 Å². The third-order valence-corrected chi connectivity index (χ3v) is 6.00. The van der Waals surface area contributed by atoms with Crippen LogP contribution >= 0.6 is 0 Å². The second-order valence-corrected chi connectivity index (χ2v) is 8.06. The lowest BCUT2D eigenvalue weighted by Crippen LogP contribution is -2.38. The zero-order chi connectivity index (χ0) is 15.5. The van der Waals surface area contributed by atoms with E-state index < -0.39 is 10.0 Å². The lowest BCUT2D eigenvalue weighted by molar-refractivity contribution is 0.202. The minimum absolute atomic E-state index is 0.0250. The highest BCUT2D eigenvalue weighted by Crippen LogP contribution is 2.20. The Morgan fingerprint density at radius 2 is 1.90 bits per heavy atom. The van der Waals surface area contributed by atoms with Crippen LogP contribution in [0.25, 0.3) is 0 Å². The molecule has 118 valence electrons. The third kappa shape index (κ3) is 4.43. The first-order chi connectivity index (χ1) is 9.88. The molecule has 1 aromatic rings. The normalized spacial score (nSPS) is 18.2.